The zero-order valence-corrected chi connectivity index (χ0v) is 33.8. The van der Waals surface area contributed by atoms with Gasteiger partial charge in [-0.1, -0.05) is 120 Å². The summed E-state index contributed by atoms with van der Waals surface area (Å²) in [7, 11) is 0. The van der Waals surface area contributed by atoms with Crippen molar-refractivity contribution in [1.29, 1.82) is 0 Å². The van der Waals surface area contributed by atoms with E-state index in [9.17, 15) is 0 Å². The predicted molar refractivity (Wildman–Crippen MR) is 253 cm³/mol. The maximum atomic E-state index is 6.89. The van der Waals surface area contributed by atoms with Crippen molar-refractivity contribution in [2.24, 2.45) is 0 Å². The molecule has 1 aliphatic carbocycles. The van der Waals surface area contributed by atoms with Gasteiger partial charge in [0.2, 0.25) is 0 Å². The summed E-state index contributed by atoms with van der Waals surface area (Å²) in [5.41, 5.74) is 20.7. The molecule has 5 aromatic heterocycles. The SMILES string of the molecule is Cc1ccc(-c2c3ccc([nH]3)c3nc(c(-c4ccc(C#Cc5ccc(C6C=CC=C6)cc5)cc4)c4ccc([nH]4)c4ccc([nH]4)c(-c4ccc(C)cc4)c4ccc2o4)C=C3)cc1. The lowest BCUT2D eigenvalue weighted by Gasteiger charge is -2.05. The van der Waals surface area contributed by atoms with Crippen molar-refractivity contribution >= 4 is 56.4 Å². The molecule has 5 heteroatoms. The molecule has 61 heavy (non-hydrogen) atoms. The van der Waals surface area contributed by atoms with Crippen LogP contribution in [0, 0.1) is 25.7 Å². The molecule has 0 unspecified atom stereocenters. The lowest BCUT2D eigenvalue weighted by Crippen LogP contribution is -1.88. The molecule has 10 bridgehead atoms. The van der Waals surface area contributed by atoms with E-state index in [0.29, 0.717) is 5.92 Å². The highest BCUT2D eigenvalue weighted by molar-refractivity contribution is 5.99. The van der Waals surface area contributed by atoms with Gasteiger partial charge in [-0.3, -0.25) is 0 Å². The lowest BCUT2D eigenvalue weighted by atomic mass is 9.99. The average molecular weight is 785 g/mol. The normalized spacial score (nSPS) is 12.7. The fourth-order valence-electron chi connectivity index (χ4n) is 8.39. The first kappa shape index (κ1) is 36.0. The third-order valence-corrected chi connectivity index (χ3v) is 11.7. The van der Waals surface area contributed by atoms with Crippen LogP contribution in [0.4, 0.5) is 0 Å². The summed E-state index contributed by atoms with van der Waals surface area (Å²) in [4.78, 5) is 16.5. The van der Waals surface area contributed by atoms with E-state index in [1.54, 1.807) is 0 Å². The van der Waals surface area contributed by atoms with Crippen LogP contribution in [0.25, 0.3) is 89.8 Å². The fourth-order valence-corrected chi connectivity index (χ4v) is 8.39. The Bertz CT molecular complexity index is 3450. The number of hydrogen-bond acceptors (Lipinski definition) is 2. The molecule has 2 aliphatic rings. The van der Waals surface area contributed by atoms with Crippen molar-refractivity contribution in [2.75, 3.05) is 0 Å². The Kier molecular flexibility index (Phi) is 8.83. The van der Waals surface area contributed by atoms with Crippen LogP contribution in [0.5, 0.6) is 0 Å². The van der Waals surface area contributed by atoms with E-state index in [2.05, 4.69) is 223 Å². The third-order valence-electron chi connectivity index (χ3n) is 11.7. The highest BCUT2D eigenvalue weighted by Gasteiger charge is 2.16. The number of furan rings is 1. The molecule has 290 valence electrons. The standard InChI is InChI=1S/C56H40N4O/c1-35-7-17-42(18-8-35)55-50-31-27-46(59-50)44-25-29-48(57-44)54(41-23-15-38(16-24-41)12-11-37-13-21-40(22-14-37)39-5-3-4-6-39)49-30-26-45(58-49)47-28-32-51(60-47)56(53-34-33-52(55)61-53)43-19-9-36(2)10-20-43/h3-10,13-34,39,57,59-60H,1-2H3. The van der Waals surface area contributed by atoms with Gasteiger partial charge < -0.3 is 19.4 Å². The van der Waals surface area contributed by atoms with E-state index in [0.717, 1.165) is 100 Å². The van der Waals surface area contributed by atoms with Crippen LogP contribution in [0.3, 0.4) is 0 Å². The largest absolute Gasteiger partial charge is 0.456 e. The van der Waals surface area contributed by atoms with E-state index >= 15 is 0 Å². The molecule has 0 saturated carbocycles. The second-order valence-electron chi connectivity index (χ2n) is 15.8. The van der Waals surface area contributed by atoms with Gasteiger partial charge in [0.05, 0.1) is 39.0 Å². The minimum absolute atomic E-state index is 0.344. The molecule has 4 aromatic carbocycles. The minimum Gasteiger partial charge on any atom is -0.456 e. The smallest absolute Gasteiger partial charge is 0.137 e. The fraction of sp³-hybridized carbons (Fsp3) is 0.0536. The average Bonchev–Trinajstić information content (AvgIpc) is 4.14. The van der Waals surface area contributed by atoms with Gasteiger partial charge in [-0.2, -0.15) is 0 Å². The summed E-state index contributed by atoms with van der Waals surface area (Å²) < 4.78 is 6.89. The molecule has 3 N–H and O–H groups in total. The van der Waals surface area contributed by atoms with Gasteiger partial charge in [0.15, 0.2) is 0 Å². The first-order valence-electron chi connectivity index (χ1n) is 20.6. The highest BCUT2D eigenvalue weighted by atomic mass is 16.3. The van der Waals surface area contributed by atoms with Crippen molar-refractivity contribution in [3.8, 4) is 45.2 Å². The number of benzene rings is 4. The van der Waals surface area contributed by atoms with Crippen LogP contribution >= 0.6 is 0 Å². The van der Waals surface area contributed by atoms with Gasteiger partial charge in [0.1, 0.15) is 11.2 Å². The molecule has 11 rings (SSSR count). The van der Waals surface area contributed by atoms with Gasteiger partial charge in [-0.15, -0.1) is 0 Å². The van der Waals surface area contributed by atoms with Crippen LogP contribution in [0.1, 0.15) is 45.1 Å². The van der Waals surface area contributed by atoms with Crippen molar-refractivity contribution in [2.45, 2.75) is 19.8 Å². The predicted octanol–water partition coefficient (Wildman–Crippen LogP) is 14.2. The molecule has 0 fully saturated rings. The molecular formula is C56H40N4O. The van der Waals surface area contributed by atoms with Gasteiger partial charge >= 0.3 is 0 Å². The van der Waals surface area contributed by atoms with Gasteiger partial charge in [-0.25, -0.2) is 4.98 Å². The number of allylic oxidation sites excluding steroid dienone is 4. The molecule has 0 amide bonds. The Balaban J connectivity index is 1.11. The number of nitrogens with one attached hydrogen (secondary N) is 3. The van der Waals surface area contributed by atoms with Gasteiger partial charge in [0, 0.05) is 39.3 Å². The van der Waals surface area contributed by atoms with Crippen LogP contribution in [0.2, 0.25) is 0 Å². The molecule has 0 spiro atoms. The molecule has 0 saturated heterocycles. The Morgan fingerprint density at radius 2 is 0.852 bits per heavy atom. The van der Waals surface area contributed by atoms with Crippen LogP contribution in [-0.4, -0.2) is 19.9 Å². The number of H-pyrrole nitrogens is 3. The zero-order chi connectivity index (χ0) is 40.9. The van der Waals surface area contributed by atoms with Crippen LogP contribution in [0.15, 0.2) is 174 Å². The van der Waals surface area contributed by atoms with Crippen molar-refractivity contribution < 1.29 is 4.42 Å². The first-order chi connectivity index (χ1) is 30.0. The summed E-state index contributed by atoms with van der Waals surface area (Å²) in [6.45, 7) is 4.22. The van der Waals surface area contributed by atoms with Crippen LogP contribution < -0.4 is 0 Å². The number of hydrogen-bond donors (Lipinski definition) is 3. The van der Waals surface area contributed by atoms with E-state index < -0.39 is 0 Å². The molecular weight excluding hydrogens is 745 g/mol. The highest BCUT2D eigenvalue weighted by Crippen LogP contribution is 2.36. The van der Waals surface area contributed by atoms with Gasteiger partial charge in [-0.05, 0) is 121 Å². The Labute approximate surface area is 353 Å². The number of nitrogens with zero attached hydrogens (tertiary/aromatic N) is 1. The third kappa shape index (κ3) is 6.90. The van der Waals surface area contributed by atoms with Crippen molar-refractivity contribution in [1.82, 2.24) is 19.9 Å². The quantitative estimate of drug-likeness (QED) is 0.156. The topological polar surface area (TPSA) is 73.4 Å². The van der Waals surface area contributed by atoms with Crippen molar-refractivity contribution in [3.63, 3.8) is 0 Å². The van der Waals surface area contributed by atoms with Gasteiger partial charge in [0.25, 0.3) is 0 Å². The molecule has 0 radical (unpaired) electrons. The molecule has 6 heterocycles. The number of aromatic nitrogens is 4. The number of aryl methyl sites for hydroxylation is 2. The van der Waals surface area contributed by atoms with E-state index in [4.69, 9.17) is 9.40 Å². The molecule has 0 atom stereocenters. The molecule has 9 aromatic rings. The van der Waals surface area contributed by atoms with E-state index in [1.807, 2.05) is 0 Å². The monoisotopic (exact) mass is 784 g/mol. The van der Waals surface area contributed by atoms with Crippen LogP contribution in [-0.2, 0) is 0 Å². The summed E-state index contributed by atoms with van der Waals surface area (Å²) >= 11 is 0. The summed E-state index contributed by atoms with van der Waals surface area (Å²) in [6.07, 6.45) is 12.8. The second kappa shape index (κ2) is 14.9. The summed E-state index contributed by atoms with van der Waals surface area (Å²) in [5.74, 6) is 7.08. The second-order valence-corrected chi connectivity index (χ2v) is 15.8. The summed E-state index contributed by atoms with van der Waals surface area (Å²) in [5, 5.41) is 0. The molecule has 1 aliphatic heterocycles. The Morgan fingerprint density at radius 3 is 1.41 bits per heavy atom. The number of rotatable bonds is 4. The maximum Gasteiger partial charge on any atom is 0.137 e. The first-order valence-corrected chi connectivity index (χ1v) is 20.6. The maximum absolute atomic E-state index is 6.89. The Morgan fingerprint density at radius 1 is 0.426 bits per heavy atom. The van der Waals surface area contributed by atoms with E-state index in [-0.39, 0.29) is 0 Å². The van der Waals surface area contributed by atoms with Crippen molar-refractivity contribution in [3.05, 3.63) is 209 Å². The Hall–Kier alpha value is -8.07. The lowest BCUT2D eigenvalue weighted by molar-refractivity contribution is 0.668. The van der Waals surface area contributed by atoms with E-state index in [1.165, 1.54) is 16.7 Å². The number of aromatic amines is 3. The number of fused-ring (bicyclic) bond motifs is 12. The minimum atomic E-state index is 0.344. The summed E-state index contributed by atoms with van der Waals surface area (Å²) in [6, 6.07) is 51.2. The zero-order valence-electron chi connectivity index (χ0n) is 33.8. The molecule has 5 nitrogen and oxygen atoms in total.